The van der Waals surface area contributed by atoms with E-state index < -0.39 is 0 Å². The number of hydrogen-bond donors (Lipinski definition) is 2. The Kier molecular flexibility index (Phi) is 5.43. The minimum absolute atomic E-state index is 0.0565. The Morgan fingerprint density at radius 1 is 1.06 bits per heavy atom. The summed E-state index contributed by atoms with van der Waals surface area (Å²) in [4.78, 5) is 19.5. The quantitative estimate of drug-likeness (QED) is 0.259. The van der Waals surface area contributed by atoms with E-state index in [2.05, 4.69) is 67.0 Å². The lowest BCUT2D eigenvalue weighted by atomic mass is 9.81. The molecule has 0 fully saturated rings. The molecule has 1 aliphatic rings. The number of carbonyl (C=O) groups excluding carboxylic acids is 1. The second-order valence-corrected chi connectivity index (χ2v) is 12.6. The van der Waals surface area contributed by atoms with E-state index in [0.29, 0.717) is 5.56 Å². The average molecular weight is 574 g/mol. The molecule has 3 heterocycles. The Balaban J connectivity index is 1.69. The number of rotatable bonds is 3. The SMILES string of the molecule is CC1(C)Cc2c(sc(NC(=O)c3ccccc3I)c2-c2nc3ccccc3s2)C(C)(C)N1. The van der Waals surface area contributed by atoms with Gasteiger partial charge >= 0.3 is 0 Å². The number of thiazole rings is 1. The number of carbonyl (C=O) groups is 1. The maximum Gasteiger partial charge on any atom is 0.257 e. The highest BCUT2D eigenvalue weighted by atomic mass is 127. The number of thiophene rings is 1. The van der Waals surface area contributed by atoms with Gasteiger partial charge in [0.2, 0.25) is 0 Å². The van der Waals surface area contributed by atoms with Crippen molar-refractivity contribution in [2.24, 2.45) is 0 Å². The molecule has 0 unspecified atom stereocenters. The molecule has 4 aromatic rings. The summed E-state index contributed by atoms with van der Waals surface area (Å²) >= 11 is 5.58. The first kappa shape index (κ1) is 22.0. The molecule has 1 aliphatic heterocycles. The van der Waals surface area contributed by atoms with E-state index in [1.807, 2.05) is 42.5 Å². The Labute approximate surface area is 209 Å². The number of amides is 1. The molecule has 0 spiro atoms. The van der Waals surface area contributed by atoms with Crippen molar-refractivity contribution < 1.29 is 4.79 Å². The molecule has 7 heteroatoms. The second kappa shape index (κ2) is 7.90. The van der Waals surface area contributed by atoms with Gasteiger partial charge in [-0.25, -0.2) is 4.98 Å². The molecule has 2 N–H and O–H groups in total. The van der Waals surface area contributed by atoms with E-state index in [4.69, 9.17) is 4.98 Å². The van der Waals surface area contributed by atoms with Crippen LogP contribution in [-0.2, 0) is 12.0 Å². The lowest BCUT2D eigenvalue weighted by Gasteiger charge is -2.42. The molecular weight excluding hydrogens is 549 g/mol. The molecule has 0 aliphatic carbocycles. The fraction of sp³-hybridized carbons (Fsp3) is 0.280. The monoisotopic (exact) mass is 573 g/mol. The third-order valence-electron chi connectivity index (χ3n) is 5.70. The number of aromatic nitrogens is 1. The van der Waals surface area contributed by atoms with Gasteiger partial charge in [-0.1, -0.05) is 24.3 Å². The van der Waals surface area contributed by atoms with Gasteiger partial charge in [-0.2, -0.15) is 0 Å². The number of nitrogens with zero attached hydrogens (tertiary/aromatic N) is 1. The molecule has 2 aromatic carbocycles. The zero-order chi connectivity index (χ0) is 22.7. The zero-order valence-electron chi connectivity index (χ0n) is 18.4. The topological polar surface area (TPSA) is 54.0 Å². The molecule has 2 aromatic heterocycles. The first-order valence-corrected chi connectivity index (χ1v) is 13.2. The van der Waals surface area contributed by atoms with Crippen molar-refractivity contribution in [1.29, 1.82) is 0 Å². The van der Waals surface area contributed by atoms with Gasteiger partial charge in [0.05, 0.1) is 15.8 Å². The van der Waals surface area contributed by atoms with Crippen LogP contribution in [0.25, 0.3) is 20.8 Å². The summed E-state index contributed by atoms with van der Waals surface area (Å²) in [5.41, 5.74) is 3.80. The maximum atomic E-state index is 13.3. The van der Waals surface area contributed by atoms with Crippen molar-refractivity contribution in [1.82, 2.24) is 10.3 Å². The molecule has 164 valence electrons. The fourth-order valence-electron chi connectivity index (χ4n) is 4.64. The maximum absolute atomic E-state index is 13.3. The van der Waals surface area contributed by atoms with Crippen molar-refractivity contribution in [3.05, 3.63) is 68.1 Å². The van der Waals surface area contributed by atoms with Gasteiger partial charge in [-0.05, 0) is 86.5 Å². The smallest absolute Gasteiger partial charge is 0.257 e. The van der Waals surface area contributed by atoms with Crippen LogP contribution in [0.15, 0.2) is 48.5 Å². The summed E-state index contributed by atoms with van der Waals surface area (Å²) in [7, 11) is 0. The molecule has 1 amide bonds. The fourth-order valence-corrected chi connectivity index (χ4v) is 7.65. The molecule has 0 saturated carbocycles. The van der Waals surface area contributed by atoms with Gasteiger partial charge in [0, 0.05) is 25.1 Å². The summed E-state index contributed by atoms with van der Waals surface area (Å²) in [6.45, 7) is 8.92. The largest absolute Gasteiger partial charge is 0.313 e. The molecule has 0 saturated heterocycles. The summed E-state index contributed by atoms with van der Waals surface area (Å²) in [5, 5.41) is 8.88. The van der Waals surface area contributed by atoms with Crippen molar-refractivity contribution in [2.45, 2.75) is 45.2 Å². The van der Waals surface area contributed by atoms with Gasteiger partial charge in [-0.15, -0.1) is 22.7 Å². The average Bonchev–Trinajstić information content (AvgIpc) is 3.28. The lowest BCUT2D eigenvalue weighted by molar-refractivity contribution is 0.102. The van der Waals surface area contributed by atoms with Crippen LogP contribution in [0, 0.1) is 3.57 Å². The number of nitrogens with one attached hydrogen (secondary N) is 2. The third kappa shape index (κ3) is 3.89. The standard InChI is InChI=1S/C25H24IN3OS2/c1-24(2)13-15-19(22-27-17-11-7-8-12-18(17)31-22)23(32-20(15)25(3,4)29-24)28-21(30)14-9-5-6-10-16(14)26/h5-12,29H,13H2,1-4H3,(H,28,30). The van der Waals surface area contributed by atoms with E-state index in [-0.39, 0.29) is 17.0 Å². The third-order valence-corrected chi connectivity index (χ3v) is 9.16. The van der Waals surface area contributed by atoms with Crippen molar-refractivity contribution in [2.75, 3.05) is 5.32 Å². The van der Waals surface area contributed by atoms with Crippen LogP contribution < -0.4 is 10.6 Å². The summed E-state index contributed by atoms with van der Waals surface area (Å²) in [6.07, 6.45) is 0.881. The first-order chi connectivity index (χ1) is 15.1. The minimum atomic E-state index is -0.197. The van der Waals surface area contributed by atoms with Gasteiger partial charge < -0.3 is 10.6 Å². The van der Waals surface area contributed by atoms with Crippen molar-refractivity contribution in [3.63, 3.8) is 0 Å². The highest BCUT2D eigenvalue weighted by molar-refractivity contribution is 14.1. The number of fused-ring (bicyclic) bond motifs is 2. The predicted octanol–water partition coefficient (Wildman–Crippen LogP) is 7.04. The van der Waals surface area contributed by atoms with Crippen molar-refractivity contribution >= 4 is 66.4 Å². The van der Waals surface area contributed by atoms with E-state index in [0.717, 1.165) is 35.8 Å². The predicted molar refractivity (Wildman–Crippen MR) is 144 cm³/mol. The van der Waals surface area contributed by atoms with E-state index >= 15 is 0 Å². The zero-order valence-corrected chi connectivity index (χ0v) is 22.2. The van der Waals surface area contributed by atoms with Crippen LogP contribution >= 0.6 is 45.3 Å². The lowest BCUT2D eigenvalue weighted by Crippen LogP contribution is -2.54. The van der Waals surface area contributed by atoms with E-state index in [9.17, 15) is 4.79 Å². The summed E-state index contributed by atoms with van der Waals surface area (Å²) in [6, 6.07) is 15.9. The van der Waals surface area contributed by atoms with Crippen LogP contribution in [0.2, 0.25) is 0 Å². The normalized spacial score (nSPS) is 16.7. The van der Waals surface area contributed by atoms with Gasteiger partial charge in [-0.3, -0.25) is 4.79 Å². The molecule has 32 heavy (non-hydrogen) atoms. The van der Waals surface area contributed by atoms with Gasteiger partial charge in [0.15, 0.2) is 0 Å². The van der Waals surface area contributed by atoms with E-state index in [1.54, 1.807) is 22.7 Å². The number of hydrogen-bond acceptors (Lipinski definition) is 5. The van der Waals surface area contributed by atoms with Crippen LogP contribution in [0.3, 0.4) is 0 Å². The van der Waals surface area contributed by atoms with Crippen LogP contribution in [0.5, 0.6) is 0 Å². The number of anilines is 1. The Bertz CT molecular complexity index is 1320. The molecular formula is C25H24IN3OS2. The number of benzene rings is 2. The number of para-hydroxylation sites is 1. The van der Waals surface area contributed by atoms with Crippen LogP contribution in [-0.4, -0.2) is 16.4 Å². The molecule has 0 radical (unpaired) electrons. The highest BCUT2D eigenvalue weighted by Gasteiger charge is 2.41. The Morgan fingerprint density at radius 2 is 1.78 bits per heavy atom. The Hall–Kier alpha value is -1.81. The van der Waals surface area contributed by atoms with Crippen molar-refractivity contribution in [3.8, 4) is 10.6 Å². The molecule has 5 rings (SSSR count). The van der Waals surface area contributed by atoms with Crippen LogP contribution in [0.4, 0.5) is 5.00 Å². The molecule has 4 nitrogen and oxygen atoms in total. The minimum Gasteiger partial charge on any atom is -0.313 e. The Morgan fingerprint density at radius 3 is 2.53 bits per heavy atom. The number of halogens is 1. The highest BCUT2D eigenvalue weighted by Crippen LogP contribution is 2.50. The molecule has 0 bridgehead atoms. The van der Waals surface area contributed by atoms with Gasteiger partial charge in [0.25, 0.3) is 5.91 Å². The van der Waals surface area contributed by atoms with Gasteiger partial charge in [0.1, 0.15) is 10.0 Å². The second-order valence-electron chi connectivity index (χ2n) is 9.35. The van der Waals surface area contributed by atoms with Crippen LogP contribution in [0.1, 0.15) is 48.5 Å². The summed E-state index contributed by atoms with van der Waals surface area (Å²) < 4.78 is 2.10. The summed E-state index contributed by atoms with van der Waals surface area (Å²) in [5.74, 6) is -0.0824. The first-order valence-electron chi connectivity index (χ1n) is 10.5. The van der Waals surface area contributed by atoms with E-state index in [1.165, 1.54) is 10.4 Å². The molecule has 0 atom stereocenters.